The highest BCUT2D eigenvalue weighted by Gasteiger charge is 2.14. The molecule has 0 atom stereocenters. The molecule has 0 spiro atoms. The third-order valence-corrected chi connectivity index (χ3v) is 2.80. The molecular weight excluding hydrogens is 274 g/mol. The first kappa shape index (κ1) is 15.1. The molecule has 0 aliphatic heterocycles. The number of nitrogen functional groups attached to an aromatic ring is 1. The number of hydrogen-bond acceptors (Lipinski definition) is 9. The standard InChI is InChI=1S/C11H19N9O/c1-2-3-4-19(5-6-21)10-15-9(18-12)16-11(17-10)20-8-13-7-14-20/h7-8,21H,2-6,12H2,1H3,(H,15,16,17,18). The summed E-state index contributed by atoms with van der Waals surface area (Å²) < 4.78 is 1.42. The van der Waals surface area contributed by atoms with Gasteiger partial charge in [0.05, 0.1) is 6.61 Å². The van der Waals surface area contributed by atoms with Gasteiger partial charge >= 0.3 is 0 Å². The van der Waals surface area contributed by atoms with Crippen LogP contribution in [0, 0.1) is 0 Å². The zero-order valence-corrected chi connectivity index (χ0v) is 11.8. The predicted molar refractivity (Wildman–Crippen MR) is 76.8 cm³/mol. The summed E-state index contributed by atoms with van der Waals surface area (Å²) >= 11 is 0. The van der Waals surface area contributed by atoms with Gasteiger partial charge in [-0.1, -0.05) is 13.3 Å². The van der Waals surface area contributed by atoms with Crippen molar-refractivity contribution in [2.75, 3.05) is 30.0 Å². The first-order valence-electron chi connectivity index (χ1n) is 6.72. The van der Waals surface area contributed by atoms with Crippen molar-refractivity contribution >= 4 is 11.9 Å². The molecule has 0 saturated heterocycles. The number of unbranched alkanes of at least 4 members (excludes halogenated alkanes) is 1. The van der Waals surface area contributed by atoms with Crippen LogP contribution in [0.3, 0.4) is 0 Å². The molecule has 0 aliphatic carbocycles. The number of anilines is 2. The lowest BCUT2D eigenvalue weighted by atomic mass is 10.3. The fourth-order valence-electron chi connectivity index (χ4n) is 1.76. The van der Waals surface area contributed by atoms with Gasteiger partial charge in [0.25, 0.3) is 5.95 Å². The Hall–Kier alpha value is -2.33. The Morgan fingerprint density at radius 3 is 2.81 bits per heavy atom. The lowest BCUT2D eigenvalue weighted by molar-refractivity contribution is 0.301. The lowest BCUT2D eigenvalue weighted by Gasteiger charge is -2.21. The van der Waals surface area contributed by atoms with Gasteiger partial charge in [0.2, 0.25) is 11.9 Å². The second-order valence-electron chi connectivity index (χ2n) is 4.31. The number of hydrazine groups is 1. The molecule has 21 heavy (non-hydrogen) atoms. The summed E-state index contributed by atoms with van der Waals surface area (Å²) in [6.07, 6.45) is 4.88. The largest absolute Gasteiger partial charge is 0.395 e. The number of nitrogens with one attached hydrogen (secondary N) is 1. The Labute approximate surface area is 122 Å². The van der Waals surface area contributed by atoms with Crippen molar-refractivity contribution in [3.8, 4) is 5.95 Å². The van der Waals surface area contributed by atoms with Gasteiger partial charge in [0, 0.05) is 13.1 Å². The van der Waals surface area contributed by atoms with E-state index in [0.29, 0.717) is 18.4 Å². The van der Waals surface area contributed by atoms with Crippen LogP contribution in [0.4, 0.5) is 11.9 Å². The van der Waals surface area contributed by atoms with E-state index in [2.05, 4.69) is 37.4 Å². The van der Waals surface area contributed by atoms with E-state index >= 15 is 0 Å². The van der Waals surface area contributed by atoms with Crippen LogP contribution >= 0.6 is 0 Å². The Bertz CT molecular complexity index is 545. The van der Waals surface area contributed by atoms with Crippen LogP contribution < -0.4 is 16.2 Å². The quantitative estimate of drug-likeness (QED) is 0.428. The fourth-order valence-corrected chi connectivity index (χ4v) is 1.76. The summed E-state index contributed by atoms with van der Waals surface area (Å²) in [5.74, 6) is 6.37. The van der Waals surface area contributed by atoms with Gasteiger partial charge in [-0.2, -0.15) is 24.7 Å². The lowest BCUT2D eigenvalue weighted by Crippen LogP contribution is -2.30. The Kier molecular flexibility index (Phi) is 5.35. The summed E-state index contributed by atoms with van der Waals surface area (Å²) in [7, 11) is 0. The topological polar surface area (TPSA) is 131 Å². The maximum Gasteiger partial charge on any atom is 0.258 e. The molecular formula is C11H19N9O. The molecule has 10 heteroatoms. The second-order valence-corrected chi connectivity index (χ2v) is 4.31. The minimum absolute atomic E-state index is 0.0133. The van der Waals surface area contributed by atoms with E-state index in [-0.39, 0.29) is 12.6 Å². The third kappa shape index (κ3) is 3.83. The number of nitrogens with zero attached hydrogens (tertiary/aromatic N) is 7. The van der Waals surface area contributed by atoms with Gasteiger partial charge in [0.1, 0.15) is 12.7 Å². The zero-order valence-electron chi connectivity index (χ0n) is 11.8. The number of aromatic nitrogens is 6. The molecule has 2 aromatic heterocycles. The van der Waals surface area contributed by atoms with Gasteiger partial charge in [-0.05, 0) is 6.42 Å². The first-order chi connectivity index (χ1) is 10.3. The van der Waals surface area contributed by atoms with Crippen LogP contribution in [0.2, 0.25) is 0 Å². The van der Waals surface area contributed by atoms with Crippen molar-refractivity contribution in [2.45, 2.75) is 19.8 Å². The van der Waals surface area contributed by atoms with E-state index in [1.165, 1.54) is 17.3 Å². The Morgan fingerprint density at radius 1 is 1.33 bits per heavy atom. The minimum Gasteiger partial charge on any atom is -0.395 e. The van der Waals surface area contributed by atoms with Crippen LogP contribution in [0.5, 0.6) is 0 Å². The van der Waals surface area contributed by atoms with Crippen molar-refractivity contribution in [2.24, 2.45) is 5.84 Å². The van der Waals surface area contributed by atoms with Crippen LogP contribution in [-0.2, 0) is 0 Å². The van der Waals surface area contributed by atoms with Crippen molar-refractivity contribution in [1.82, 2.24) is 29.7 Å². The smallest absolute Gasteiger partial charge is 0.258 e. The molecule has 0 fully saturated rings. The van der Waals surface area contributed by atoms with E-state index in [1.54, 1.807) is 0 Å². The third-order valence-electron chi connectivity index (χ3n) is 2.80. The highest BCUT2D eigenvalue weighted by molar-refractivity contribution is 5.39. The average Bonchev–Trinajstić information content (AvgIpc) is 3.05. The number of nitrogens with two attached hydrogens (primary N) is 1. The van der Waals surface area contributed by atoms with Crippen LogP contribution in [0.1, 0.15) is 19.8 Å². The fraction of sp³-hybridized carbons (Fsp3) is 0.545. The predicted octanol–water partition coefficient (Wildman–Crippen LogP) is -0.663. The minimum atomic E-state index is 0.0133. The van der Waals surface area contributed by atoms with Crippen molar-refractivity contribution in [1.29, 1.82) is 0 Å². The molecule has 114 valence electrons. The molecule has 0 aliphatic rings. The van der Waals surface area contributed by atoms with Gasteiger partial charge in [-0.3, -0.25) is 5.43 Å². The highest BCUT2D eigenvalue weighted by atomic mass is 16.3. The molecule has 10 nitrogen and oxygen atoms in total. The van der Waals surface area contributed by atoms with Gasteiger partial charge in [-0.15, -0.1) is 0 Å². The van der Waals surface area contributed by atoms with Gasteiger partial charge in [0.15, 0.2) is 0 Å². The molecule has 0 aromatic carbocycles. The summed E-state index contributed by atoms with van der Waals surface area (Å²) in [6.45, 7) is 3.28. The zero-order chi connectivity index (χ0) is 15.1. The summed E-state index contributed by atoms with van der Waals surface area (Å²) in [5, 5.41) is 13.2. The molecule has 0 amide bonds. The van der Waals surface area contributed by atoms with Crippen LogP contribution in [0.15, 0.2) is 12.7 Å². The number of hydrogen-bond donors (Lipinski definition) is 3. The SMILES string of the molecule is CCCCN(CCO)c1nc(NN)nc(-n2cncn2)n1. The van der Waals surface area contributed by atoms with Crippen molar-refractivity contribution in [3.63, 3.8) is 0 Å². The first-order valence-corrected chi connectivity index (χ1v) is 6.72. The summed E-state index contributed by atoms with van der Waals surface area (Å²) in [6, 6.07) is 0. The molecule has 4 N–H and O–H groups in total. The molecule has 2 rings (SSSR count). The number of aliphatic hydroxyl groups is 1. The van der Waals surface area contributed by atoms with Crippen LogP contribution in [0.25, 0.3) is 5.95 Å². The molecule has 0 bridgehead atoms. The van der Waals surface area contributed by atoms with E-state index in [4.69, 9.17) is 5.84 Å². The number of aliphatic hydroxyl groups excluding tert-OH is 1. The van der Waals surface area contributed by atoms with Gasteiger partial charge < -0.3 is 10.0 Å². The maximum atomic E-state index is 9.20. The number of rotatable bonds is 8. The normalized spacial score (nSPS) is 10.6. The van der Waals surface area contributed by atoms with E-state index in [1.807, 2.05) is 4.90 Å². The van der Waals surface area contributed by atoms with E-state index in [9.17, 15) is 5.11 Å². The average molecular weight is 293 g/mol. The van der Waals surface area contributed by atoms with E-state index < -0.39 is 0 Å². The van der Waals surface area contributed by atoms with Gasteiger partial charge in [-0.25, -0.2) is 10.8 Å². The Morgan fingerprint density at radius 2 is 2.19 bits per heavy atom. The molecule has 2 aromatic rings. The van der Waals surface area contributed by atoms with E-state index in [0.717, 1.165) is 19.4 Å². The molecule has 0 saturated carbocycles. The second kappa shape index (κ2) is 7.45. The molecule has 0 radical (unpaired) electrons. The highest BCUT2D eigenvalue weighted by Crippen LogP contribution is 2.13. The summed E-state index contributed by atoms with van der Waals surface area (Å²) in [4.78, 5) is 18.5. The van der Waals surface area contributed by atoms with Crippen molar-refractivity contribution in [3.05, 3.63) is 12.7 Å². The van der Waals surface area contributed by atoms with Crippen LogP contribution in [-0.4, -0.2) is 54.5 Å². The molecule has 0 unspecified atom stereocenters. The Balaban J connectivity index is 2.34. The van der Waals surface area contributed by atoms with Crippen molar-refractivity contribution < 1.29 is 5.11 Å². The molecule has 2 heterocycles. The monoisotopic (exact) mass is 293 g/mol. The maximum absolute atomic E-state index is 9.20. The summed E-state index contributed by atoms with van der Waals surface area (Å²) in [5.41, 5.74) is 2.41.